The van der Waals surface area contributed by atoms with Gasteiger partial charge in [0.15, 0.2) is 0 Å². The molecule has 26 heavy (non-hydrogen) atoms. The molecule has 0 aromatic heterocycles. The van der Waals surface area contributed by atoms with Crippen LogP contribution in [-0.2, 0) is 9.53 Å². The van der Waals surface area contributed by atoms with Crippen LogP contribution in [0.25, 0.3) is 0 Å². The van der Waals surface area contributed by atoms with Crippen LogP contribution in [0.5, 0.6) is 0 Å². The van der Waals surface area contributed by atoms with Gasteiger partial charge in [-0.15, -0.1) is 12.4 Å². The van der Waals surface area contributed by atoms with Crippen molar-refractivity contribution in [3.05, 3.63) is 29.8 Å². The largest absolute Gasteiger partial charge is 0.368 e. The van der Waals surface area contributed by atoms with Crippen LogP contribution in [0.15, 0.2) is 24.3 Å². The number of nitrogens with two attached hydrogens (primary N) is 1. The van der Waals surface area contributed by atoms with E-state index in [4.69, 9.17) is 10.5 Å². The van der Waals surface area contributed by atoms with Crippen molar-refractivity contribution < 1.29 is 14.3 Å². The van der Waals surface area contributed by atoms with E-state index >= 15 is 0 Å². The lowest BCUT2D eigenvalue weighted by molar-refractivity contribution is -0.124. The number of nitrogens with zero attached hydrogens (tertiary/aromatic N) is 1. The fourth-order valence-electron chi connectivity index (χ4n) is 3.54. The number of amides is 2. The van der Waals surface area contributed by atoms with Gasteiger partial charge in [0, 0.05) is 37.0 Å². The molecule has 3 rings (SSSR count). The van der Waals surface area contributed by atoms with Gasteiger partial charge in [-0.25, -0.2) is 0 Å². The van der Waals surface area contributed by atoms with Crippen molar-refractivity contribution in [1.29, 1.82) is 0 Å². The molecule has 0 aliphatic carbocycles. The minimum atomic E-state index is -0.381. The highest BCUT2D eigenvalue weighted by Crippen LogP contribution is 2.22. The van der Waals surface area contributed by atoms with E-state index in [2.05, 4.69) is 5.32 Å². The van der Waals surface area contributed by atoms with Gasteiger partial charge in [-0.2, -0.15) is 0 Å². The van der Waals surface area contributed by atoms with E-state index in [0.717, 1.165) is 32.2 Å². The number of ether oxygens (including phenoxy) is 1. The van der Waals surface area contributed by atoms with Crippen LogP contribution in [-0.4, -0.2) is 48.6 Å². The Morgan fingerprint density at radius 3 is 2.81 bits per heavy atom. The molecule has 2 saturated heterocycles. The molecule has 0 bridgehead atoms. The van der Waals surface area contributed by atoms with Crippen molar-refractivity contribution in [2.45, 2.75) is 44.8 Å². The summed E-state index contributed by atoms with van der Waals surface area (Å²) in [5.74, 6) is 0.204. The van der Waals surface area contributed by atoms with E-state index in [9.17, 15) is 9.59 Å². The number of benzene rings is 1. The topological polar surface area (TPSA) is 84.7 Å². The van der Waals surface area contributed by atoms with Gasteiger partial charge in [0.2, 0.25) is 0 Å². The summed E-state index contributed by atoms with van der Waals surface area (Å²) in [5, 5.41) is 2.85. The van der Waals surface area contributed by atoms with Gasteiger partial charge < -0.3 is 20.7 Å². The smallest absolute Gasteiger partial charge is 0.253 e. The first kappa shape index (κ1) is 20.7. The molecular formula is C19H28ClN3O3. The zero-order valence-electron chi connectivity index (χ0n) is 15.1. The van der Waals surface area contributed by atoms with E-state index in [1.807, 2.05) is 11.8 Å². The third-order valence-electron chi connectivity index (χ3n) is 5.09. The van der Waals surface area contributed by atoms with Crippen molar-refractivity contribution in [3.63, 3.8) is 0 Å². The molecule has 2 aliphatic heterocycles. The number of nitrogens with one attached hydrogen (secondary N) is 1. The van der Waals surface area contributed by atoms with Gasteiger partial charge in [-0.05, 0) is 56.7 Å². The Labute approximate surface area is 160 Å². The minimum Gasteiger partial charge on any atom is -0.368 e. The quantitative estimate of drug-likeness (QED) is 0.838. The molecular weight excluding hydrogens is 354 g/mol. The van der Waals surface area contributed by atoms with Crippen LogP contribution in [0, 0.1) is 5.92 Å². The number of hydrogen-bond donors (Lipinski definition) is 2. The average Bonchev–Trinajstić information content (AvgIpc) is 3.16. The Hall–Kier alpha value is -1.63. The Bertz CT molecular complexity index is 632. The fourth-order valence-corrected chi connectivity index (χ4v) is 3.54. The number of halogens is 1. The fraction of sp³-hybridized carbons (Fsp3) is 0.579. The number of rotatable bonds is 4. The summed E-state index contributed by atoms with van der Waals surface area (Å²) in [6, 6.07) is 7.22. The Morgan fingerprint density at radius 2 is 2.12 bits per heavy atom. The van der Waals surface area contributed by atoms with E-state index in [0.29, 0.717) is 30.3 Å². The summed E-state index contributed by atoms with van der Waals surface area (Å²) in [7, 11) is 0. The maximum atomic E-state index is 12.8. The molecule has 1 aromatic rings. The summed E-state index contributed by atoms with van der Waals surface area (Å²) in [6.07, 6.45) is 3.32. The standard InChI is InChI=1S/C19H27N3O3.ClH/c1-13(20)15-6-3-9-22(12-15)19(24)14-5-2-7-16(11-14)21-18(23)17-8-4-10-25-17;/h2,5,7,11,13,15,17H,3-4,6,8-10,12,20H2,1H3,(H,21,23);1H. The molecule has 3 unspecified atom stereocenters. The molecule has 2 amide bonds. The zero-order chi connectivity index (χ0) is 17.8. The average molecular weight is 382 g/mol. The van der Waals surface area contributed by atoms with Crippen LogP contribution < -0.4 is 11.1 Å². The predicted molar refractivity (Wildman–Crippen MR) is 104 cm³/mol. The molecule has 3 atom stereocenters. The van der Waals surface area contributed by atoms with Crippen molar-refractivity contribution in [3.8, 4) is 0 Å². The SMILES string of the molecule is CC(N)C1CCCN(C(=O)c2cccc(NC(=O)C3CCCO3)c2)C1.Cl. The molecule has 2 fully saturated rings. The number of piperidine rings is 1. The van der Waals surface area contributed by atoms with Gasteiger partial charge in [0.05, 0.1) is 0 Å². The summed E-state index contributed by atoms with van der Waals surface area (Å²) >= 11 is 0. The number of likely N-dealkylation sites (tertiary alicyclic amines) is 1. The lowest BCUT2D eigenvalue weighted by atomic mass is 9.92. The number of carbonyl (C=O) groups excluding carboxylic acids is 2. The highest BCUT2D eigenvalue weighted by molar-refractivity contribution is 5.98. The van der Waals surface area contributed by atoms with Gasteiger partial charge in [-0.1, -0.05) is 6.07 Å². The molecule has 6 nitrogen and oxygen atoms in total. The van der Waals surface area contributed by atoms with Crippen LogP contribution in [0.4, 0.5) is 5.69 Å². The van der Waals surface area contributed by atoms with E-state index < -0.39 is 0 Å². The Morgan fingerprint density at radius 1 is 1.31 bits per heavy atom. The first-order valence-corrected chi connectivity index (χ1v) is 9.12. The third kappa shape index (κ3) is 4.96. The highest BCUT2D eigenvalue weighted by atomic mass is 35.5. The van der Waals surface area contributed by atoms with Crippen LogP contribution in [0.1, 0.15) is 43.0 Å². The number of anilines is 1. The first-order chi connectivity index (χ1) is 12.0. The van der Waals surface area contributed by atoms with E-state index in [1.165, 1.54) is 0 Å². The summed E-state index contributed by atoms with van der Waals surface area (Å²) in [4.78, 5) is 26.9. The van der Waals surface area contributed by atoms with Crippen molar-refractivity contribution in [2.75, 3.05) is 25.0 Å². The second-order valence-corrected chi connectivity index (χ2v) is 7.08. The molecule has 1 aromatic carbocycles. The molecule has 3 N–H and O–H groups in total. The Kier molecular flexibility index (Phi) is 7.43. The summed E-state index contributed by atoms with van der Waals surface area (Å²) < 4.78 is 5.39. The van der Waals surface area contributed by atoms with Gasteiger partial charge in [-0.3, -0.25) is 9.59 Å². The number of carbonyl (C=O) groups is 2. The van der Waals surface area contributed by atoms with Crippen LogP contribution in [0.2, 0.25) is 0 Å². The minimum absolute atomic E-state index is 0. The Balaban J connectivity index is 0.00000243. The monoisotopic (exact) mass is 381 g/mol. The highest BCUT2D eigenvalue weighted by Gasteiger charge is 2.27. The van der Waals surface area contributed by atoms with Crippen molar-refractivity contribution in [2.24, 2.45) is 11.7 Å². The normalized spacial score (nSPS) is 23.8. The van der Waals surface area contributed by atoms with E-state index in [-0.39, 0.29) is 36.4 Å². The molecule has 0 saturated carbocycles. The zero-order valence-corrected chi connectivity index (χ0v) is 16.0. The van der Waals surface area contributed by atoms with Crippen molar-refractivity contribution >= 4 is 29.9 Å². The lowest BCUT2D eigenvalue weighted by Crippen LogP contribution is -2.45. The number of hydrogen-bond acceptors (Lipinski definition) is 4. The predicted octanol–water partition coefficient (Wildman–Crippen LogP) is 2.43. The van der Waals surface area contributed by atoms with Gasteiger partial charge in [0.25, 0.3) is 11.8 Å². The second kappa shape index (κ2) is 9.35. The molecule has 2 heterocycles. The summed E-state index contributed by atoms with van der Waals surface area (Å²) in [5.41, 5.74) is 7.23. The maximum Gasteiger partial charge on any atom is 0.253 e. The third-order valence-corrected chi connectivity index (χ3v) is 5.09. The summed E-state index contributed by atoms with van der Waals surface area (Å²) in [6.45, 7) is 4.09. The van der Waals surface area contributed by atoms with Gasteiger partial charge >= 0.3 is 0 Å². The molecule has 2 aliphatic rings. The molecule has 0 spiro atoms. The van der Waals surface area contributed by atoms with Crippen LogP contribution >= 0.6 is 12.4 Å². The molecule has 7 heteroatoms. The molecule has 144 valence electrons. The maximum absolute atomic E-state index is 12.8. The lowest BCUT2D eigenvalue weighted by Gasteiger charge is -2.34. The van der Waals surface area contributed by atoms with Crippen molar-refractivity contribution in [1.82, 2.24) is 4.90 Å². The van der Waals surface area contributed by atoms with Gasteiger partial charge in [0.1, 0.15) is 6.10 Å². The molecule has 0 radical (unpaired) electrons. The van der Waals surface area contributed by atoms with Crippen LogP contribution in [0.3, 0.4) is 0 Å². The van der Waals surface area contributed by atoms with E-state index in [1.54, 1.807) is 24.3 Å². The first-order valence-electron chi connectivity index (χ1n) is 9.12. The second-order valence-electron chi connectivity index (χ2n) is 7.08.